The van der Waals surface area contributed by atoms with Gasteiger partial charge in [0.2, 0.25) is 41.4 Å². The van der Waals surface area contributed by atoms with Crippen LogP contribution in [0, 0.1) is 23.7 Å². The molecule has 0 unspecified atom stereocenters. The maximum atomic E-state index is 14.9. The molecule has 1 aliphatic rings. The van der Waals surface area contributed by atoms with Crippen LogP contribution < -0.4 is 54.4 Å². The summed E-state index contributed by atoms with van der Waals surface area (Å²) in [6.07, 6.45) is 5.02. The summed E-state index contributed by atoms with van der Waals surface area (Å²) in [6.45, 7) is 9.21. The zero-order valence-electron chi connectivity index (χ0n) is 48.3. The molecule has 4 rings (SSSR count). The molecule has 0 aliphatic carbocycles. The summed E-state index contributed by atoms with van der Waals surface area (Å²) in [4.78, 5) is 132. The molecule has 448 valence electrons. The van der Waals surface area contributed by atoms with Crippen LogP contribution in [0.15, 0.2) is 60.8 Å². The summed E-state index contributed by atoms with van der Waals surface area (Å²) in [6, 6.07) is 9.20. The van der Waals surface area contributed by atoms with Gasteiger partial charge < -0.3 is 64.5 Å². The highest BCUT2D eigenvalue weighted by Crippen LogP contribution is 2.23. The van der Waals surface area contributed by atoms with Gasteiger partial charge in [-0.05, 0) is 100 Å². The fraction of sp³-hybridized carbons (Fsp3) is 0.617. The number of rotatable bonds is 26. The van der Waals surface area contributed by atoms with Crippen LogP contribution in [0.4, 0.5) is 0 Å². The Morgan fingerprint density at radius 1 is 0.642 bits per heavy atom. The van der Waals surface area contributed by atoms with Gasteiger partial charge in [0.1, 0.15) is 24.2 Å². The molecular formula is C60H93N11O10. The van der Waals surface area contributed by atoms with E-state index in [1.807, 2.05) is 52.0 Å². The second-order valence-electron chi connectivity index (χ2n) is 22.5. The first kappa shape index (κ1) is 67.0. The minimum absolute atomic E-state index is 0.0292. The van der Waals surface area contributed by atoms with Crippen molar-refractivity contribution in [2.75, 3.05) is 26.2 Å². The lowest BCUT2D eigenvalue weighted by atomic mass is 9.89. The van der Waals surface area contributed by atoms with Gasteiger partial charge in [0.05, 0.1) is 24.6 Å². The smallest absolute Gasteiger partial charge is 0.243 e. The lowest BCUT2D eigenvalue weighted by Gasteiger charge is -2.28. The average molecular weight is 1130 g/mol. The number of aromatic amines is 1. The molecule has 0 bridgehead atoms. The van der Waals surface area contributed by atoms with Crippen molar-refractivity contribution >= 4 is 63.8 Å². The van der Waals surface area contributed by atoms with E-state index < -0.39 is 120 Å². The number of H-pyrrole nitrogens is 1. The summed E-state index contributed by atoms with van der Waals surface area (Å²) in [7, 11) is 0. The molecule has 0 radical (unpaired) electrons. The summed E-state index contributed by atoms with van der Waals surface area (Å²) < 4.78 is 0. The largest absolute Gasteiger partial charge is 0.393 e. The molecule has 9 atom stereocenters. The van der Waals surface area contributed by atoms with E-state index in [1.165, 1.54) is 0 Å². The number of carbonyl (C=O) groups excluding carboxylic acids is 9. The quantitative estimate of drug-likeness (QED) is 0.0516. The number of para-hydroxylation sites is 1. The van der Waals surface area contributed by atoms with Crippen molar-refractivity contribution < 1.29 is 48.3 Å². The number of amides is 7. The monoisotopic (exact) mass is 1130 g/mol. The van der Waals surface area contributed by atoms with Crippen LogP contribution in [0.5, 0.6) is 0 Å². The number of aromatic nitrogens is 1. The number of unbranched alkanes of at least 4 members (excludes halogenated alkanes) is 4. The standard InChI is InChI=1S/C60H93N11O10/c1-6-7-8-9-13-18-43(72)35-54(75)66-49(32-42-36-65-45-20-15-14-19-44(42)45)53(74)33-40-24-28-64-57(78)50(29-37(2)3)71-59(80)48(23-27-63)68-58(79)47(22-26-62)69-60(81)51(30-38(4)5)70-56(77)41(31-39-16-11-10-12-17-39)34-52(73)46(21-25-61)67-55(40)76/h10-12,14-17,19-20,36-38,40-41,43,46-51,65,72H,6-9,13,18,21-35,61-63H2,1-5H3,(H,64,78)(H,66,75)(H,67,76)(H,68,79)(H,69,81)(H,70,77)(H,71,80)/t40-,41+,43-,46+,47+,48+,49-,50+,51+/m1/s1. The molecule has 21 nitrogen and oxygen atoms in total. The first-order valence-corrected chi connectivity index (χ1v) is 29.3. The number of benzene rings is 2. The minimum atomic E-state index is -1.25. The molecule has 2 heterocycles. The first-order valence-electron chi connectivity index (χ1n) is 29.3. The summed E-state index contributed by atoms with van der Waals surface area (Å²) in [5.74, 6) is -8.32. The number of hydrogen-bond donors (Lipinski definition) is 12. The number of hydrogen-bond acceptors (Lipinski definition) is 13. The third kappa shape index (κ3) is 23.1. The van der Waals surface area contributed by atoms with Crippen LogP contribution >= 0.6 is 0 Å². The van der Waals surface area contributed by atoms with Gasteiger partial charge in [-0.15, -0.1) is 0 Å². The van der Waals surface area contributed by atoms with Crippen LogP contribution in [-0.4, -0.2) is 132 Å². The molecule has 15 N–H and O–H groups in total. The van der Waals surface area contributed by atoms with Crippen molar-refractivity contribution in [2.24, 2.45) is 40.9 Å². The molecule has 2 aromatic carbocycles. The Bertz CT molecular complexity index is 2500. The average Bonchev–Trinajstić information content (AvgIpc) is 3.83. The van der Waals surface area contributed by atoms with Gasteiger partial charge in [0.25, 0.3) is 0 Å². The minimum Gasteiger partial charge on any atom is -0.393 e. The third-order valence-corrected chi connectivity index (χ3v) is 14.7. The van der Waals surface area contributed by atoms with Gasteiger partial charge in [0.15, 0.2) is 11.6 Å². The van der Waals surface area contributed by atoms with Crippen molar-refractivity contribution in [3.8, 4) is 0 Å². The van der Waals surface area contributed by atoms with Crippen molar-refractivity contribution in [3.05, 3.63) is 71.9 Å². The highest BCUT2D eigenvalue weighted by molar-refractivity contribution is 5.98. The zero-order valence-corrected chi connectivity index (χ0v) is 48.3. The maximum Gasteiger partial charge on any atom is 0.243 e. The number of Topliss-reactive ketones (excluding diaryl/α,β-unsaturated/α-hetero) is 2. The molecule has 1 fully saturated rings. The Hall–Kier alpha value is -6.55. The van der Waals surface area contributed by atoms with Gasteiger partial charge >= 0.3 is 0 Å². The Morgan fingerprint density at radius 2 is 1.17 bits per heavy atom. The van der Waals surface area contributed by atoms with Gasteiger partial charge in [-0.2, -0.15) is 0 Å². The molecule has 21 heteroatoms. The van der Waals surface area contributed by atoms with Crippen molar-refractivity contribution in [1.29, 1.82) is 0 Å². The summed E-state index contributed by atoms with van der Waals surface area (Å²) in [5.41, 5.74) is 20.2. The van der Waals surface area contributed by atoms with Crippen molar-refractivity contribution in [1.82, 2.24) is 42.2 Å². The molecule has 1 aromatic heterocycles. The molecule has 0 saturated carbocycles. The maximum absolute atomic E-state index is 14.9. The number of aliphatic hydroxyl groups is 1. The lowest BCUT2D eigenvalue weighted by Crippen LogP contribution is -2.59. The molecule has 1 aliphatic heterocycles. The number of nitrogens with one attached hydrogen (secondary N) is 8. The summed E-state index contributed by atoms with van der Waals surface area (Å²) in [5, 5.41) is 31.3. The number of carbonyl (C=O) groups is 9. The van der Waals surface area contributed by atoms with Gasteiger partial charge in [-0.3, -0.25) is 43.2 Å². The molecule has 0 spiro atoms. The van der Waals surface area contributed by atoms with Crippen LogP contribution in [0.1, 0.15) is 142 Å². The zero-order chi connectivity index (χ0) is 59.4. The number of ketones is 2. The van der Waals surface area contributed by atoms with Crippen LogP contribution in [0.2, 0.25) is 0 Å². The number of nitrogens with two attached hydrogens (primary N) is 3. The van der Waals surface area contributed by atoms with E-state index in [1.54, 1.807) is 36.5 Å². The van der Waals surface area contributed by atoms with Gasteiger partial charge in [-0.25, -0.2) is 0 Å². The molecule has 1 saturated heterocycles. The van der Waals surface area contributed by atoms with Crippen LogP contribution in [-0.2, 0) is 56.0 Å². The summed E-state index contributed by atoms with van der Waals surface area (Å²) >= 11 is 0. The second kappa shape index (κ2) is 35.3. The van der Waals surface area contributed by atoms with Crippen LogP contribution in [0.25, 0.3) is 10.9 Å². The number of aliphatic hydroxyl groups excluding tert-OH is 1. The van der Waals surface area contributed by atoms with E-state index in [0.29, 0.717) is 12.0 Å². The molecule has 3 aromatic rings. The predicted octanol–water partition coefficient (Wildman–Crippen LogP) is 2.78. The van der Waals surface area contributed by atoms with E-state index >= 15 is 0 Å². The predicted molar refractivity (Wildman–Crippen MR) is 312 cm³/mol. The van der Waals surface area contributed by atoms with Crippen molar-refractivity contribution in [2.45, 2.75) is 186 Å². The third-order valence-electron chi connectivity index (χ3n) is 14.7. The van der Waals surface area contributed by atoms with E-state index in [9.17, 15) is 48.3 Å². The van der Waals surface area contributed by atoms with E-state index in [0.717, 1.165) is 48.6 Å². The first-order chi connectivity index (χ1) is 38.8. The highest BCUT2D eigenvalue weighted by Gasteiger charge is 2.36. The normalized spacial score (nSPS) is 22.3. The van der Waals surface area contributed by atoms with E-state index in [4.69, 9.17) is 17.2 Å². The lowest BCUT2D eigenvalue weighted by molar-refractivity contribution is -0.136. The number of fused-ring (bicyclic) bond motifs is 1. The SMILES string of the molecule is CCCCCCC[C@@H](O)CC(=O)N[C@H](Cc1c[nH]c2ccccc12)C(=O)C[C@H]1CCNC(=O)[C@H](CC(C)C)NC(=O)[C@H](CCN)NC(=O)[C@H](CCN)NC(=O)[C@H](CC(C)C)NC(=O)[C@@H](Cc2ccccc2)CC(=O)[C@H](CCN)NC1=O. The van der Waals surface area contributed by atoms with Crippen LogP contribution in [0.3, 0.4) is 0 Å². The molecule has 7 amide bonds. The Balaban J connectivity index is 1.78. The molecular weight excluding hydrogens is 1030 g/mol. The van der Waals surface area contributed by atoms with Crippen molar-refractivity contribution in [3.63, 3.8) is 0 Å². The van der Waals surface area contributed by atoms with Gasteiger partial charge in [0, 0.05) is 54.7 Å². The Labute approximate surface area is 477 Å². The Kier molecular flexibility index (Phi) is 29.2. The van der Waals surface area contributed by atoms with Gasteiger partial charge in [-0.1, -0.05) is 115 Å². The van der Waals surface area contributed by atoms with E-state index in [2.05, 4.69) is 49.1 Å². The molecule has 81 heavy (non-hydrogen) atoms. The topological polar surface area (TPSA) is 352 Å². The Morgan fingerprint density at radius 3 is 1.79 bits per heavy atom. The second-order valence-corrected chi connectivity index (χ2v) is 22.5. The highest BCUT2D eigenvalue weighted by atomic mass is 16.3. The fourth-order valence-corrected chi connectivity index (χ4v) is 10.2. The van der Waals surface area contributed by atoms with E-state index in [-0.39, 0.29) is 95.8 Å². The fourth-order valence-electron chi connectivity index (χ4n) is 10.2.